The lowest BCUT2D eigenvalue weighted by Gasteiger charge is -2.41. The standard InChI is InChI=1S/C21H33NO6/c1-12-6-13(2)20(27)15(7-12)16(23)8-14-9-17(24)22(18(25)10-14)21(3,4)11-19(26)28-5/h12-16,23H,6-11H2,1-5H3/t12-,13?,15?,16+/m0/s1. The fourth-order valence-corrected chi connectivity index (χ4v) is 4.82. The minimum absolute atomic E-state index is 0.0624. The number of hydrogen-bond acceptors (Lipinski definition) is 6. The summed E-state index contributed by atoms with van der Waals surface area (Å²) in [6.07, 6.45) is 1.10. The van der Waals surface area contributed by atoms with Crippen LogP contribution in [0, 0.1) is 23.7 Å². The number of Topliss-reactive ketones (excluding diaryl/α,β-unsaturated/α-hetero) is 1. The molecule has 2 unspecified atom stereocenters. The molecule has 28 heavy (non-hydrogen) atoms. The van der Waals surface area contributed by atoms with Gasteiger partial charge in [0, 0.05) is 24.7 Å². The molecule has 7 nitrogen and oxygen atoms in total. The minimum atomic E-state index is -0.963. The maximum absolute atomic E-state index is 12.7. The zero-order chi connectivity index (χ0) is 21.2. The molecule has 7 heteroatoms. The summed E-state index contributed by atoms with van der Waals surface area (Å²) in [5, 5.41) is 10.7. The van der Waals surface area contributed by atoms with Crippen molar-refractivity contribution < 1.29 is 29.0 Å². The van der Waals surface area contributed by atoms with E-state index in [0.717, 1.165) is 11.3 Å². The topological polar surface area (TPSA) is 101 Å². The number of hydrogen-bond donors (Lipinski definition) is 1. The summed E-state index contributed by atoms with van der Waals surface area (Å²) in [4.78, 5) is 50.5. The van der Waals surface area contributed by atoms with Gasteiger partial charge in [-0.2, -0.15) is 0 Å². The number of likely N-dealkylation sites (tertiary alicyclic amines) is 1. The van der Waals surface area contributed by atoms with Gasteiger partial charge in [-0.05, 0) is 44.9 Å². The van der Waals surface area contributed by atoms with Crippen molar-refractivity contribution in [1.82, 2.24) is 4.90 Å². The average Bonchev–Trinajstić information content (AvgIpc) is 2.56. The highest BCUT2D eigenvalue weighted by Gasteiger charge is 2.44. The maximum atomic E-state index is 12.7. The fourth-order valence-electron chi connectivity index (χ4n) is 4.82. The molecule has 2 aliphatic rings. The summed E-state index contributed by atoms with van der Waals surface area (Å²) in [6.45, 7) is 7.31. The Kier molecular flexibility index (Phi) is 7.02. The summed E-state index contributed by atoms with van der Waals surface area (Å²) in [5.74, 6) is -1.50. The number of amides is 2. The molecule has 0 radical (unpaired) electrons. The van der Waals surface area contributed by atoms with Gasteiger partial charge < -0.3 is 9.84 Å². The second kappa shape index (κ2) is 8.72. The van der Waals surface area contributed by atoms with E-state index in [1.165, 1.54) is 7.11 Å². The first-order valence-electron chi connectivity index (χ1n) is 10.1. The van der Waals surface area contributed by atoms with Crippen molar-refractivity contribution in [3.63, 3.8) is 0 Å². The molecular formula is C21H33NO6. The molecule has 158 valence electrons. The molecule has 1 saturated carbocycles. The van der Waals surface area contributed by atoms with E-state index in [1.54, 1.807) is 13.8 Å². The Hall–Kier alpha value is -1.76. The van der Waals surface area contributed by atoms with Crippen LogP contribution in [-0.4, -0.2) is 52.3 Å². The lowest BCUT2D eigenvalue weighted by atomic mass is 9.71. The first-order valence-corrected chi connectivity index (χ1v) is 10.1. The normalized spacial score (nSPS) is 28.4. The Morgan fingerprint density at radius 1 is 1.18 bits per heavy atom. The van der Waals surface area contributed by atoms with Gasteiger partial charge in [-0.15, -0.1) is 0 Å². The molecule has 2 amide bonds. The van der Waals surface area contributed by atoms with Crippen LogP contribution >= 0.6 is 0 Å². The van der Waals surface area contributed by atoms with Gasteiger partial charge in [0.05, 0.1) is 25.2 Å². The number of aliphatic hydroxyl groups excluding tert-OH is 1. The Labute approximate surface area is 166 Å². The highest BCUT2D eigenvalue weighted by atomic mass is 16.5. The number of rotatable bonds is 6. The smallest absolute Gasteiger partial charge is 0.307 e. The number of esters is 1. The predicted molar refractivity (Wildman–Crippen MR) is 102 cm³/mol. The lowest BCUT2D eigenvalue weighted by Crippen LogP contribution is -2.55. The van der Waals surface area contributed by atoms with Crippen LogP contribution in [0.2, 0.25) is 0 Å². The molecule has 0 aromatic carbocycles. The molecule has 0 aromatic rings. The van der Waals surface area contributed by atoms with Gasteiger partial charge in [-0.1, -0.05) is 13.8 Å². The highest BCUT2D eigenvalue weighted by molar-refractivity contribution is 5.99. The molecule has 1 saturated heterocycles. The lowest BCUT2D eigenvalue weighted by molar-refractivity contribution is -0.159. The van der Waals surface area contributed by atoms with Crippen LogP contribution in [-0.2, 0) is 23.9 Å². The second-order valence-corrected chi connectivity index (χ2v) is 9.25. The Bertz CT molecular complexity index is 625. The number of ketones is 1. The van der Waals surface area contributed by atoms with Crippen LogP contribution in [0.25, 0.3) is 0 Å². The zero-order valence-corrected chi connectivity index (χ0v) is 17.6. The summed E-state index contributed by atoms with van der Waals surface area (Å²) < 4.78 is 4.66. The molecular weight excluding hydrogens is 362 g/mol. The van der Waals surface area contributed by atoms with Gasteiger partial charge in [0.1, 0.15) is 5.78 Å². The third-order valence-corrected chi connectivity index (χ3v) is 6.14. The Morgan fingerprint density at radius 3 is 2.29 bits per heavy atom. The first kappa shape index (κ1) is 22.5. The van der Waals surface area contributed by atoms with E-state index >= 15 is 0 Å². The number of methoxy groups -OCH3 is 1. The number of aliphatic hydroxyl groups is 1. The molecule has 4 atom stereocenters. The third kappa shape index (κ3) is 4.99. The van der Waals surface area contributed by atoms with E-state index in [-0.39, 0.29) is 55.1 Å². The number of nitrogens with zero attached hydrogens (tertiary/aromatic N) is 1. The molecule has 0 aromatic heterocycles. The van der Waals surface area contributed by atoms with E-state index < -0.39 is 23.5 Å². The van der Waals surface area contributed by atoms with Crippen molar-refractivity contribution in [3.8, 4) is 0 Å². The summed E-state index contributed by atoms with van der Waals surface area (Å²) in [7, 11) is 1.27. The van der Waals surface area contributed by atoms with E-state index in [9.17, 15) is 24.3 Å². The summed E-state index contributed by atoms with van der Waals surface area (Å²) in [5.41, 5.74) is -0.963. The van der Waals surface area contributed by atoms with Crippen LogP contribution in [0.3, 0.4) is 0 Å². The van der Waals surface area contributed by atoms with Crippen LogP contribution in [0.5, 0.6) is 0 Å². The monoisotopic (exact) mass is 395 g/mol. The van der Waals surface area contributed by atoms with Crippen molar-refractivity contribution in [2.24, 2.45) is 23.7 Å². The van der Waals surface area contributed by atoms with Crippen molar-refractivity contribution in [3.05, 3.63) is 0 Å². The van der Waals surface area contributed by atoms with Gasteiger partial charge in [-0.25, -0.2) is 0 Å². The zero-order valence-electron chi connectivity index (χ0n) is 17.6. The van der Waals surface area contributed by atoms with Crippen molar-refractivity contribution in [1.29, 1.82) is 0 Å². The largest absolute Gasteiger partial charge is 0.469 e. The molecule has 0 bridgehead atoms. The molecule has 1 N–H and O–H groups in total. The van der Waals surface area contributed by atoms with Gasteiger partial charge in [0.25, 0.3) is 0 Å². The van der Waals surface area contributed by atoms with Gasteiger partial charge >= 0.3 is 5.97 Å². The van der Waals surface area contributed by atoms with Gasteiger partial charge in [0.15, 0.2) is 0 Å². The number of carbonyl (C=O) groups is 4. The molecule has 2 fully saturated rings. The van der Waals surface area contributed by atoms with Crippen molar-refractivity contribution in [2.75, 3.05) is 7.11 Å². The van der Waals surface area contributed by atoms with E-state index in [4.69, 9.17) is 0 Å². The van der Waals surface area contributed by atoms with Crippen LogP contribution in [0.4, 0.5) is 0 Å². The van der Waals surface area contributed by atoms with E-state index in [1.807, 2.05) is 6.92 Å². The predicted octanol–water partition coefficient (Wildman–Crippen LogP) is 2.10. The third-order valence-electron chi connectivity index (χ3n) is 6.14. The summed E-state index contributed by atoms with van der Waals surface area (Å²) >= 11 is 0. The van der Waals surface area contributed by atoms with Gasteiger partial charge in [0.2, 0.25) is 11.8 Å². The molecule has 1 heterocycles. The van der Waals surface area contributed by atoms with Crippen molar-refractivity contribution >= 4 is 23.6 Å². The fraction of sp³-hybridized carbons (Fsp3) is 0.810. The number of ether oxygens (including phenoxy) is 1. The second-order valence-electron chi connectivity index (χ2n) is 9.25. The Balaban J connectivity index is 2.02. The number of carbonyl (C=O) groups excluding carboxylic acids is 4. The van der Waals surface area contributed by atoms with E-state index in [2.05, 4.69) is 11.7 Å². The van der Waals surface area contributed by atoms with Crippen LogP contribution in [0.1, 0.15) is 66.2 Å². The minimum Gasteiger partial charge on any atom is -0.469 e. The average molecular weight is 395 g/mol. The van der Waals surface area contributed by atoms with E-state index in [0.29, 0.717) is 12.3 Å². The molecule has 1 aliphatic heterocycles. The quantitative estimate of drug-likeness (QED) is 0.546. The highest BCUT2D eigenvalue weighted by Crippen LogP contribution is 2.36. The van der Waals surface area contributed by atoms with Crippen LogP contribution < -0.4 is 0 Å². The molecule has 0 spiro atoms. The molecule has 1 aliphatic carbocycles. The first-order chi connectivity index (χ1) is 13.0. The maximum Gasteiger partial charge on any atom is 0.307 e. The van der Waals surface area contributed by atoms with Crippen LogP contribution in [0.15, 0.2) is 0 Å². The Morgan fingerprint density at radius 2 is 1.75 bits per heavy atom. The SMILES string of the molecule is COC(=O)CC(C)(C)N1C(=O)CC(C[C@@H](O)C2C[C@@H](C)CC(C)C2=O)CC1=O. The number of imide groups is 1. The molecule has 2 rings (SSSR count). The van der Waals surface area contributed by atoms with Crippen molar-refractivity contribution in [2.45, 2.75) is 77.9 Å². The number of piperidine rings is 1. The van der Waals surface area contributed by atoms with Gasteiger partial charge in [-0.3, -0.25) is 24.1 Å². The summed E-state index contributed by atoms with van der Waals surface area (Å²) in [6, 6.07) is 0.